The summed E-state index contributed by atoms with van der Waals surface area (Å²) in [5, 5.41) is 2.65. The van der Waals surface area contributed by atoms with Crippen molar-refractivity contribution in [2.45, 2.75) is 144 Å². The van der Waals surface area contributed by atoms with E-state index >= 15 is 4.39 Å². The Morgan fingerprint density at radius 1 is 0.733 bits per heavy atom. The molecule has 0 saturated carbocycles. The number of nitrogens with two attached hydrogens (primary N) is 1. The number of benzene rings is 2. The number of carbonyl (C=O) groups excluding carboxylic acids is 1. The van der Waals surface area contributed by atoms with Crippen LogP contribution in [0.3, 0.4) is 0 Å². The molecule has 0 aliphatic carbocycles. The third kappa shape index (κ3) is 26.3. The predicted octanol–water partition coefficient (Wildman–Crippen LogP) is 11.8. The number of carbonyl (C=O) groups is 1. The van der Waals surface area contributed by atoms with Gasteiger partial charge < -0.3 is 20.9 Å². The molecule has 1 heterocycles. The van der Waals surface area contributed by atoms with E-state index < -0.39 is 0 Å². The molecule has 15 heteroatoms. The van der Waals surface area contributed by atoms with E-state index in [1.54, 1.807) is 26.0 Å². The van der Waals surface area contributed by atoms with E-state index in [0.717, 1.165) is 51.9 Å². The van der Waals surface area contributed by atoms with Crippen molar-refractivity contribution in [2.75, 3.05) is 41.3 Å². The molecule has 0 spiro atoms. The summed E-state index contributed by atoms with van der Waals surface area (Å²) in [5.41, 5.74) is 7.92. The maximum absolute atomic E-state index is 15.0. The molecule has 3 aromatic rings. The van der Waals surface area contributed by atoms with Crippen LogP contribution in [0.2, 0.25) is 0 Å². The predicted molar refractivity (Wildman–Crippen MR) is 285 cm³/mol. The number of aromatic nitrogens is 2. The van der Waals surface area contributed by atoms with Crippen LogP contribution in [0.15, 0.2) is 65.2 Å². The van der Waals surface area contributed by atoms with Crippen molar-refractivity contribution in [1.29, 1.82) is 0 Å². The van der Waals surface area contributed by atoms with Crippen molar-refractivity contribution in [2.24, 2.45) is 5.73 Å². The van der Waals surface area contributed by atoms with Crippen LogP contribution in [0.5, 0.6) is 0 Å². The zero-order valence-corrected chi connectivity index (χ0v) is 47.5. The molecule has 8 nitrogen and oxygen atoms in total. The molecule has 1 aromatic heterocycles. The van der Waals surface area contributed by atoms with Gasteiger partial charge in [0.2, 0.25) is 5.91 Å². The second kappa shape index (κ2) is 38.9. The first kappa shape index (κ1) is 59.4. The zero-order chi connectivity index (χ0) is 45.1. The Kier molecular flexibility index (Phi) is 38.5. The molecule has 60 heavy (non-hydrogen) atoms. The van der Waals surface area contributed by atoms with Crippen molar-refractivity contribution in [1.82, 2.24) is 9.55 Å². The molecule has 1 amide bonds. The number of unbranched alkanes of at least 4 members (excludes halogenated alkanes) is 12. The van der Waals surface area contributed by atoms with Gasteiger partial charge in [0, 0.05) is 99.2 Å². The number of aryl methyl sites for hydroxylation is 1. The number of hydrogen-bond acceptors (Lipinski definition) is 6. The molecule has 0 atom stereocenters. The van der Waals surface area contributed by atoms with Gasteiger partial charge in [-0.05, 0) is 69.9 Å². The molecular weight excluding hydrogens is 1330 g/mol. The molecule has 0 radical (unpaired) electrons. The summed E-state index contributed by atoms with van der Waals surface area (Å²) < 4.78 is 31.2. The van der Waals surface area contributed by atoms with Gasteiger partial charge in [0.15, 0.2) is 0 Å². The van der Waals surface area contributed by atoms with Gasteiger partial charge in [0.1, 0.15) is 17.5 Å². The van der Waals surface area contributed by atoms with E-state index in [1.807, 2.05) is 12.1 Å². The first-order chi connectivity index (χ1) is 29.0. The standard InChI is InChI=1S/C23H34FN3O.C22H36FN3O.I3.I2/c1-4-6-8-10-16-26(17-11-9-7-5-2)22-13-12-20(18-21(22)24)27-19(3)25-15-14-23(27)28;1-4-6-8-10-14-26(15-11-9-7-5-2)21-13-12-19(17-20(21)23)25-22(27)16-18(3)24;1-3-2;1-2/h12-15,18H,4-11,16-17H2,1-3H3;12-13,16-17H,4-11,14-15,24H2,1-3H3,(H,25,27);;/q;;-1;/b;18-16-;;. The second-order valence-corrected chi connectivity index (χ2v) is 30.9. The Bertz CT molecular complexity index is 1640. The minimum absolute atomic E-state index is 0.198. The van der Waals surface area contributed by atoms with Gasteiger partial charge in [0.05, 0.1) is 17.1 Å². The monoisotopic (exact) mass is 1400 g/mol. The fourth-order valence-electron chi connectivity index (χ4n) is 6.56. The van der Waals surface area contributed by atoms with E-state index in [0.29, 0.717) is 47.5 Å². The summed E-state index contributed by atoms with van der Waals surface area (Å²) in [6, 6.07) is 11.4. The molecule has 2 aromatic carbocycles. The Labute approximate surface area is 414 Å². The van der Waals surface area contributed by atoms with E-state index in [4.69, 9.17) is 5.73 Å². The molecule has 342 valence electrons. The fourth-order valence-corrected chi connectivity index (χ4v) is 6.56. The Balaban J connectivity index is 0.00000105. The summed E-state index contributed by atoms with van der Waals surface area (Å²) >= 11 is 9.54. The molecule has 3 rings (SSSR count). The number of allylic oxidation sites excluding steroid dienone is 1. The Morgan fingerprint density at radius 2 is 1.15 bits per heavy atom. The van der Waals surface area contributed by atoms with Gasteiger partial charge in [-0.3, -0.25) is 14.2 Å². The van der Waals surface area contributed by atoms with Crippen LogP contribution < -0.4 is 39.7 Å². The number of rotatable bonds is 25. The normalized spacial score (nSPS) is 10.8. The van der Waals surface area contributed by atoms with Crippen LogP contribution in [0.25, 0.3) is 5.69 Å². The summed E-state index contributed by atoms with van der Waals surface area (Å²) in [4.78, 5) is 32.4. The van der Waals surface area contributed by atoms with E-state index in [9.17, 15) is 14.0 Å². The van der Waals surface area contributed by atoms with E-state index in [-0.39, 0.29) is 23.1 Å². The van der Waals surface area contributed by atoms with Gasteiger partial charge in [-0.1, -0.05) is 105 Å². The van der Waals surface area contributed by atoms with Crippen LogP contribution >= 0.6 is 74.5 Å². The maximum atomic E-state index is 15.0. The van der Waals surface area contributed by atoms with E-state index in [2.05, 4.69) is 122 Å². The number of nitrogens with zero attached hydrogens (tertiary/aromatic N) is 4. The van der Waals surface area contributed by atoms with Gasteiger partial charge in [-0.2, -0.15) is 0 Å². The third-order valence-corrected chi connectivity index (χ3v) is 9.59. The Morgan fingerprint density at radius 3 is 1.52 bits per heavy atom. The van der Waals surface area contributed by atoms with Crippen LogP contribution in [-0.4, -0.2) is 41.6 Å². The van der Waals surface area contributed by atoms with Gasteiger partial charge in [-0.25, -0.2) is 13.8 Å². The van der Waals surface area contributed by atoms with Gasteiger partial charge in [0.25, 0.3) is 5.56 Å². The second-order valence-electron chi connectivity index (χ2n) is 14.6. The fraction of sp³-hybridized carbons (Fsp3) is 0.578. The molecule has 0 saturated heterocycles. The van der Waals surface area contributed by atoms with Crippen LogP contribution in [-0.2, 0) is 4.79 Å². The minimum atomic E-state index is -0.349. The molecule has 3 N–H and O–H groups in total. The van der Waals surface area contributed by atoms with Crippen molar-refractivity contribution in [3.63, 3.8) is 0 Å². The van der Waals surface area contributed by atoms with Gasteiger partial charge in [-0.15, -0.1) is 0 Å². The van der Waals surface area contributed by atoms with Crippen molar-refractivity contribution >= 4 is 97.4 Å². The molecule has 0 aliphatic rings. The number of amides is 1. The Hall–Kier alpha value is -0.560. The average molecular weight is 1400 g/mol. The summed E-state index contributed by atoms with van der Waals surface area (Å²) in [7, 11) is 0. The summed E-state index contributed by atoms with van der Waals surface area (Å²) in [5.74, 6) is -0.375. The number of hydrogen-bond donors (Lipinski definition) is 2. The van der Waals surface area contributed by atoms with Crippen LogP contribution in [0.4, 0.5) is 25.8 Å². The average Bonchev–Trinajstić information content (AvgIpc) is 3.21. The first-order valence-corrected chi connectivity index (χ1v) is 40.2. The van der Waals surface area contributed by atoms with Crippen LogP contribution in [0, 0.1) is 18.6 Å². The number of halogens is 7. The third-order valence-electron chi connectivity index (χ3n) is 9.59. The topological polar surface area (TPSA) is 96.5 Å². The quantitative estimate of drug-likeness (QED) is 0.0498. The van der Waals surface area contributed by atoms with E-state index in [1.165, 1.54) is 112 Å². The summed E-state index contributed by atoms with van der Waals surface area (Å²) in [6.07, 6.45) is 21.4. The molecule has 0 bridgehead atoms. The van der Waals surface area contributed by atoms with Crippen molar-refractivity contribution in [3.8, 4) is 5.69 Å². The van der Waals surface area contributed by atoms with Crippen molar-refractivity contribution < 1.29 is 26.8 Å². The molecule has 0 fully saturated rings. The molecule has 0 aliphatic heterocycles. The number of anilines is 3. The van der Waals surface area contributed by atoms with Crippen molar-refractivity contribution in [3.05, 3.63) is 88.2 Å². The first-order valence-electron chi connectivity index (χ1n) is 21.4. The molecule has 0 unspecified atom stereocenters. The number of nitrogens with one attached hydrogen (secondary N) is 1. The SMILES string of the molecule is CCCCCCN(CCCCCC)c1ccc(-n2c(C)nccc2=O)cc1F.CCCCCCN(CCCCCC)c1ccc(NC(=O)/C=C(/C)N)cc1F.II.I[I-]I. The molecular formula is C45H70F2I5N6O2-. The van der Waals surface area contributed by atoms with Crippen LogP contribution in [0.1, 0.15) is 143 Å². The summed E-state index contributed by atoms with van der Waals surface area (Å²) in [6.45, 7) is 15.6. The zero-order valence-electron chi connectivity index (χ0n) is 36.7. The van der Waals surface area contributed by atoms with Gasteiger partial charge >= 0.3 is 50.5 Å².